The Morgan fingerprint density at radius 2 is 2.13 bits per heavy atom. The number of piperidine rings is 1. The molecule has 0 aromatic heterocycles. The number of likely N-dealkylation sites (tertiary alicyclic amines) is 1. The van der Waals surface area contributed by atoms with Crippen LogP contribution in [0.25, 0.3) is 0 Å². The van der Waals surface area contributed by atoms with Gasteiger partial charge in [0.15, 0.2) is 6.10 Å². The molecule has 2 unspecified atom stereocenters. The lowest BCUT2D eigenvalue weighted by Gasteiger charge is -2.43. The fourth-order valence-electron chi connectivity index (χ4n) is 2.76. The first kappa shape index (κ1) is 20.1. The number of hydrogen-bond acceptors (Lipinski definition) is 3. The highest BCUT2D eigenvalue weighted by Gasteiger charge is 2.36. The molecule has 23 heavy (non-hydrogen) atoms. The monoisotopic (exact) mass is 360 g/mol. The highest BCUT2D eigenvalue weighted by atomic mass is 35.5. The van der Waals surface area contributed by atoms with Gasteiger partial charge in [-0.3, -0.25) is 4.79 Å². The molecule has 0 spiro atoms. The van der Waals surface area contributed by atoms with Gasteiger partial charge in [-0.05, 0) is 43.4 Å². The number of benzene rings is 1. The summed E-state index contributed by atoms with van der Waals surface area (Å²) in [4.78, 5) is 14.5. The van der Waals surface area contributed by atoms with Crippen LogP contribution in [0.5, 0.6) is 5.75 Å². The SMILES string of the molecule is Cc1ccc(Cl)c(OC(C)C(=O)N2CCC(N)C(C)(C)C2)c1.Cl. The minimum Gasteiger partial charge on any atom is -0.479 e. The first-order chi connectivity index (χ1) is 10.2. The van der Waals surface area contributed by atoms with E-state index in [0.717, 1.165) is 12.0 Å². The summed E-state index contributed by atoms with van der Waals surface area (Å²) in [6.07, 6.45) is 0.251. The Kier molecular flexibility index (Phi) is 6.75. The van der Waals surface area contributed by atoms with E-state index in [1.54, 1.807) is 13.0 Å². The summed E-state index contributed by atoms with van der Waals surface area (Å²) in [5, 5.41) is 0.520. The summed E-state index contributed by atoms with van der Waals surface area (Å²) in [5.41, 5.74) is 7.10. The number of nitrogens with zero attached hydrogens (tertiary/aromatic N) is 1. The second-order valence-corrected chi connectivity index (χ2v) is 7.24. The lowest BCUT2D eigenvalue weighted by molar-refractivity contribution is -0.141. The predicted octanol–water partition coefficient (Wildman–Crippen LogP) is 3.42. The highest BCUT2D eigenvalue weighted by Crippen LogP contribution is 2.29. The largest absolute Gasteiger partial charge is 0.479 e. The average Bonchev–Trinajstić information content (AvgIpc) is 2.45. The third-order valence-electron chi connectivity index (χ3n) is 4.36. The first-order valence-electron chi connectivity index (χ1n) is 7.68. The molecule has 1 heterocycles. The van der Waals surface area contributed by atoms with Gasteiger partial charge in [0.25, 0.3) is 5.91 Å². The van der Waals surface area contributed by atoms with Crippen LogP contribution in [0, 0.1) is 12.3 Å². The fraction of sp³-hybridized carbons (Fsp3) is 0.588. The van der Waals surface area contributed by atoms with Crippen LogP contribution in [-0.2, 0) is 4.79 Å². The highest BCUT2D eigenvalue weighted by molar-refractivity contribution is 6.32. The number of halogens is 2. The standard InChI is InChI=1S/C17H25ClN2O2.ClH/c1-11-5-6-13(18)14(9-11)22-12(2)16(21)20-8-7-15(19)17(3,4)10-20;/h5-6,9,12,15H,7-8,10,19H2,1-4H3;1H. The Bertz CT molecular complexity index is 564. The summed E-state index contributed by atoms with van der Waals surface area (Å²) >= 11 is 6.13. The maximum atomic E-state index is 12.6. The van der Waals surface area contributed by atoms with Gasteiger partial charge in [0.2, 0.25) is 0 Å². The topological polar surface area (TPSA) is 55.6 Å². The number of hydrogen-bond donors (Lipinski definition) is 1. The zero-order valence-corrected chi connectivity index (χ0v) is 15.7. The van der Waals surface area contributed by atoms with Gasteiger partial charge in [0.05, 0.1) is 5.02 Å². The summed E-state index contributed by atoms with van der Waals surface area (Å²) < 4.78 is 5.78. The van der Waals surface area contributed by atoms with Gasteiger partial charge in [-0.25, -0.2) is 0 Å². The number of rotatable bonds is 3. The van der Waals surface area contributed by atoms with Crippen LogP contribution >= 0.6 is 24.0 Å². The van der Waals surface area contributed by atoms with E-state index in [1.165, 1.54) is 0 Å². The average molecular weight is 361 g/mol. The minimum atomic E-state index is -0.565. The Hall–Kier alpha value is -0.970. The number of nitrogens with two attached hydrogens (primary N) is 1. The first-order valence-corrected chi connectivity index (χ1v) is 8.05. The van der Waals surface area contributed by atoms with Crippen molar-refractivity contribution in [2.75, 3.05) is 13.1 Å². The van der Waals surface area contributed by atoms with Crippen molar-refractivity contribution in [3.05, 3.63) is 28.8 Å². The van der Waals surface area contributed by atoms with Crippen molar-refractivity contribution >= 4 is 29.9 Å². The molecule has 0 radical (unpaired) electrons. The summed E-state index contributed by atoms with van der Waals surface area (Å²) in [6, 6.07) is 5.67. The van der Waals surface area contributed by atoms with Crippen molar-refractivity contribution < 1.29 is 9.53 Å². The van der Waals surface area contributed by atoms with Crippen molar-refractivity contribution in [1.29, 1.82) is 0 Å². The molecule has 4 nitrogen and oxygen atoms in total. The summed E-state index contributed by atoms with van der Waals surface area (Å²) in [7, 11) is 0. The third-order valence-corrected chi connectivity index (χ3v) is 4.67. The molecule has 1 aromatic rings. The minimum absolute atomic E-state index is 0. The van der Waals surface area contributed by atoms with Gasteiger partial charge < -0.3 is 15.4 Å². The number of carbonyl (C=O) groups excluding carboxylic acids is 1. The molecule has 1 aliphatic heterocycles. The van der Waals surface area contributed by atoms with Crippen LogP contribution < -0.4 is 10.5 Å². The number of amides is 1. The van der Waals surface area contributed by atoms with Crippen LogP contribution in [0.2, 0.25) is 5.02 Å². The van der Waals surface area contributed by atoms with E-state index < -0.39 is 6.10 Å². The van der Waals surface area contributed by atoms with Gasteiger partial charge in [-0.1, -0.05) is 31.5 Å². The maximum Gasteiger partial charge on any atom is 0.263 e. The molecule has 1 amide bonds. The van der Waals surface area contributed by atoms with E-state index in [4.69, 9.17) is 22.1 Å². The van der Waals surface area contributed by atoms with Crippen LogP contribution in [0.1, 0.15) is 32.8 Å². The normalized spacial score (nSPS) is 21.3. The summed E-state index contributed by atoms with van der Waals surface area (Å²) in [6.45, 7) is 9.26. The van der Waals surface area contributed by atoms with E-state index in [-0.39, 0.29) is 29.8 Å². The molecular weight excluding hydrogens is 335 g/mol. The van der Waals surface area contributed by atoms with Crippen LogP contribution in [0.3, 0.4) is 0 Å². The van der Waals surface area contributed by atoms with E-state index in [0.29, 0.717) is 23.9 Å². The fourth-order valence-corrected chi connectivity index (χ4v) is 2.92. The molecular formula is C17H26Cl2N2O2. The number of carbonyl (C=O) groups is 1. The molecule has 2 atom stereocenters. The smallest absolute Gasteiger partial charge is 0.263 e. The van der Waals surface area contributed by atoms with Crippen molar-refractivity contribution in [3.63, 3.8) is 0 Å². The van der Waals surface area contributed by atoms with Gasteiger partial charge in [0.1, 0.15) is 5.75 Å². The zero-order valence-electron chi connectivity index (χ0n) is 14.1. The molecule has 1 saturated heterocycles. The van der Waals surface area contributed by atoms with Gasteiger partial charge >= 0.3 is 0 Å². The van der Waals surface area contributed by atoms with Crippen molar-refractivity contribution in [2.24, 2.45) is 11.1 Å². The van der Waals surface area contributed by atoms with E-state index >= 15 is 0 Å². The number of aryl methyl sites for hydroxylation is 1. The van der Waals surface area contributed by atoms with Crippen LogP contribution in [0.4, 0.5) is 0 Å². The Labute approximate surface area is 149 Å². The van der Waals surface area contributed by atoms with Crippen molar-refractivity contribution in [1.82, 2.24) is 4.90 Å². The van der Waals surface area contributed by atoms with Crippen LogP contribution in [0.15, 0.2) is 18.2 Å². The third kappa shape index (κ3) is 4.75. The maximum absolute atomic E-state index is 12.6. The van der Waals surface area contributed by atoms with Gasteiger partial charge in [-0.15, -0.1) is 12.4 Å². The van der Waals surface area contributed by atoms with Gasteiger partial charge in [0, 0.05) is 19.1 Å². The number of ether oxygens (including phenoxy) is 1. The quantitative estimate of drug-likeness (QED) is 0.898. The van der Waals surface area contributed by atoms with Crippen molar-refractivity contribution in [2.45, 2.75) is 46.3 Å². The van der Waals surface area contributed by atoms with Gasteiger partial charge in [-0.2, -0.15) is 0 Å². The molecule has 1 fully saturated rings. The second kappa shape index (κ2) is 7.73. The zero-order chi connectivity index (χ0) is 16.5. The molecule has 0 aliphatic carbocycles. The Balaban J connectivity index is 0.00000264. The summed E-state index contributed by atoms with van der Waals surface area (Å²) in [5.74, 6) is 0.535. The molecule has 6 heteroatoms. The molecule has 1 aliphatic rings. The molecule has 0 saturated carbocycles. The van der Waals surface area contributed by atoms with E-state index in [9.17, 15) is 4.79 Å². The Morgan fingerprint density at radius 3 is 2.74 bits per heavy atom. The van der Waals surface area contributed by atoms with Crippen LogP contribution in [-0.4, -0.2) is 36.0 Å². The predicted molar refractivity (Wildman–Crippen MR) is 96.5 cm³/mol. The molecule has 130 valence electrons. The molecule has 0 bridgehead atoms. The van der Waals surface area contributed by atoms with E-state index in [2.05, 4.69) is 13.8 Å². The second-order valence-electron chi connectivity index (χ2n) is 6.84. The molecule has 2 rings (SSSR count). The van der Waals surface area contributed by atoms with E-state index in [1.807, 2.05) is 24.0 Å². The molecule has 1 aromatic carbocycles. The Morgan fingerprint density at radius 1 is 1.48 bits per heavy atom. The van der Waals surface area contributed by atoms with Crippen molar-refractivity contribution in [3.8, 4) is 5.75 Å². The lowest BCUT2D eigenvalue weighted by Crippen LogP contribution is -2.56. The molecule has 2 N–H and O–H groups in total. The lowest BCUT2D eigenvalue weighted by atomic mass is 9.79.